The van der Waals surface area contributed by atoms with Gasteiger partial charge in [0, 0.05) is 0 Å². The van der Waals surface area contributed by atoms with Gasteiger partial charge in [0.05, 0.1) is 17.6 Å². The van der Waals surface area contributed by atoms with Gasteiger partial charge in [-0.25, -0.2) is 0 Å². The summed E-state index contributed by atoms with van der Waals surface area (Å²) in [6.07, 6.45) is 0.482. The highest BCUT2D eigenvalue weighted by Gasteiger charge is 2.38. The van der Waals surface area contributed by atoms with Gasteiger partial charge in [0.1, 0.15) is 0 Å². The molecule has 1 aliphatic rings. The Morgan fingerprint density at radius 2 is 2.00 bits per heavy atom. The highest BCUT2D eigenvalue weighted by Crippen LogP contribution is 2.40. The van der Waals surface area contributed by atoms with Gasteiger partial charge in [0.2, 0.25) is 5.91 Å². The third kappa shape index (κ3) is 2.50. The Balaban J connectivity index is 2.34. The van der Waals surface area contributed by atoms with Gasteiger partial charge in [-0.1, -0.05) is 24.3 Å². The van der Waals surface area contributed by atoms with Crippen LogP contribution < -0.4 is 5.73 Å². The van der Waals surface area contributed by atoms with Crippen LogP contribution in [0, 0.1) is 5.92 Å². The maximum absolute atomic E-state index is 11.5. The van der Waals surface area contributed by atoms with Crippen LogP contribution in [-0.4, -0.2) is 11.5 Å². The summed E-state index contributed by atoms with van der Waals surface area (Å²) >= 11 is 0. The molecule has 2 rings (SSSR count). The van der Waals surface area contributed by atoms with E-state index in [9.17, 15) is 4.79 Å². The summed E-state index contributed by atoms with van der Waals surface area (Å²) in [4.78, 5) is 11.5. The number of amides is 1. The number of ether oxygens (including phenoxy) is 1. The van der Waals surface area contributed by atoms with Crippen molar-refractivity contribution in [3.05, 3.63) is 35.4 Å². The van der Waals surface area contributed by atoms with Crippen molar-refractivity contribution in [3.8, 4) is 0 Å². The molecule has 1 aromatic rings. The van der Waals surface area contributed by atoms with Gasteiger partial charge in [-0.3, -0.25) is 4.79 Å². The first-order valence-corrected chi connectivity index (χ1v) is 5.93. The molecular formula is C14H19NO2. The van der Waals surface area contributed by atoms with Gasteiger partial charge in [-0.2, -0.15) is 0 Å². The molecule has 0 heterocycles. The van der Waals surface area contributed by atoms with E-state index in [0.717, 1.165) is 5.56 Å². The summed E-state index contributed by atoms with van der Waals surface area (Å²) in [6.45, 7) is 5.98. The molecule has 0 spiro atoms. The fourth-order valence-corrected chi connectivity index (χ4v) is 2.33. The predicted octanol–water partition coefficient (Wildman–Crippen LogP) is 2.20. The van der Waals surface area contributed by atoms with Crippen LogP contribution in [0.25, 0.3) is 0 Å². The maximum Gasteiger partial charge on any atom is 0.223 e. The zero-order valence-corrected chi connectivity index (χ0v) is 10.6. The third-order valence-electron chi connectivity index (χ3n) is 3.01. The second-order valence-electron chi connectivity index (χ2n) is 5.56. The normalized spacial score (nSPS) is 23.5. The Bertz CT molecular complexity index is 434. The summed E-state index contributed by atoms with van der Waals surface area (Å²) in [6, 6.07) is 8.02. The molecule has 0 aromatic heterocycles. The zero-order chi connectivity index (χ0) is 12.6. The Kier molecular flexibility index (Phi) is 2.96. The van der Waals surface area contributed by atoms with Crippen molar-refractivity contribution < 1.29 is 9.53 Å². The van der Waals surface area contributed by atoms with Crippen LogP contribution in [0.2, 0.25) is 0 Å². The molecule has 92 valence electrons. The molecule has 0 aliphatic heterocycles. The first-order chi connectivity index (χ1) is 7.88. The summed E-state index contributed by atoms with van der Waals surface area (Å²) < 4.78 is 6.00. The molecule has 1 aliphatic carbocycles. The van der Waals surface area contributed by atoms with Gasteiger partial charge in [0.25, 0.3) is 0 Å². The smallest absolute Gasteiger partial charge is 0.223 e. The Morgan fingerprint density at radius 3 is 2.59 bits per heavy atom. The van der Waals surface area contributed by atoms with E-state index < -0.39 is 0 Å². The highest BCUT2D eigenvalue weighted by molar-refractivity contribution is 5.79. The Labute approximate surface area is 102 Å². The first-order valence-electron chi connectivity index (χ1n) is 5.93. The number of carbonyl (C=O) groups is 1. The second kappa shape index (κ2) is 4.15. The molecule has 0 radical (unpaired) electrons. The molecule has 2 atom stereocenters. The number of hydrogen-bond donors (Lipinski definition) is 1. The van der Waals surface area contributed by atoms with Crippen molar-refractivity contribution in [2.75, 3.05) is 0 Å². The van der Waals surface area contributed by atoms with Crippen molar-refractivity contribution in [3.63, 3.8) is 0 Å². The van der Waals surface area contributed by atoms with Crippen LogP contribution in [0.15, 0.2) is 24.3 Å². The van der Waals surface area contributed by atoms with Crippen molar-refractivity contribution in [2.45, 2.75) is 38.9 Å². The van der Waals surface area contributed by atoms with Crippen molar-refractivity contribution >= 4 is 5.91 Å². The van der Waals surface area contributed by atoms with E-state index in [1.807, 2.05) is 45.0 Å². The molecule has 3 heteroatoms. The van der Waals surface area contributed by atoms with E-state index in [1.165, 1.54) is 5.56 Å². The zero-order valence-electron chi connectivity index (χ0n) is 10.6. The number of hydrogen-bond acceptors (Lipinski definition) is 2. The number of nitrogens with two attached hydrogens (primary N) is 1. The van der Waals surface area contributed by atoms with Crippen LogP contribution >= 0.6 is 0 Å². The molecule has 0 saturated carbocycles. The standard InChI is InChI=1S/C14H19NO2/c1-14(2,3)17-12-10-7-5-4-6-9(10)8-11(12)13(15)16/h4-7,11-12H,8H2,1-3H3,(H2,15,16). The minimum absolute atomic E-state index is 0.205. The average molecular weight is 233 g/mol. The summed E-state index contributed by atoms with van der Waals surface area (Å²) in [5.74, 6) is -0.526. The van der Waals surface area contributed by atoms with E-state index in [0.29, 0.717) is 6.42 Å². The molecule has 2 N–H and O–H groups in total. The molecule has 17 heavy (non-hydrogen) atoms. The van der Waals surface area contributed by atoms with E-state index in [-0.39, 0.29) is 23.5 Å². The first kappa shape index (κ1) is 12.1. The number of carbonyl (C=O) groups excluding carboxylic acids is 1. The lowest BCUT2D eigenvalue weighted by Gasteiger charge is -2.28. The van der Waals surface area contributed by atoms with Crippen molar-refractivity contribution in [2.24, 2.45) is 11.7 Å². The van der Waals surface area contributed by atoms with Crippen LogP contribution in [-0.2, 0) is 16.0 Å². The number of fused-ring (bicyclic) bond motifs is 1. The van der Waals surface area contributed by atoms with E-state index >= 15 is 0 Å². The lowest BCUT2D eigenvalue weighted by molar-refractivity contribution is -0.133. The van der Waals surface area contributed by atoms with Gasteiger partial charge in [-0.15, -0.1) is 0 Å². The number of rotatable bonds is 2. The topological polar surface area (TPSA) is 52.3 Å². The monoisotopic (exact) mass is 233 g/mol. The fraction of sp³-hybridized carbons (Fsp3) is 0.500. The van der Waals surface area contributed by atoms with Gasteiger partial charge in [0.15, 0.2) is 0 Å². The van der Waals surface area contributed by atoms with Gasteiger partial charge < -0.3 is 10.5 Å². The molecule has 2 unspecified atom stereocenters. The largest absolute Gasteiger partial charge is 0.369 e. The lowest BCUT2D eigenvalue weighted by Crippen LogP contribution is -2.32. The van der Waals surface area contributed by atoms with E-state index in [4.69, 9.17) is 10.5 Å². The van der Waals surface area contributed by atoms with Crippen molar-refractivity contribution in [1.82, 2.24) is 0 Å². The third-order valence-corrected chi connectivity index (χ3v) is 3.01. The van der Waals surface area contributed by atoms with E-state index in [2.05, 4.69) is 0 Å². The molecule has 1 amide bonds. The average Bonchev–Trinajstić information content (AvgIpc) is 2.55. The molecule has 0 saturated heterocycles. The minimum Gasteiger partial charge on any atom is -0.369 e. The minimum atomic E-state index is -0.282. The molecule has 0 fully saturated rings. The quantitative estimate of drug-likeness (QED) is 0.851. The fourth-order valence-electron chi connectivity index (χ4n) is 2.33. The summed E-state index contributed by atoms with van der Waals surface area (Å²) in [5, 5.41) is 0. The Hall–Kier alpha value is -1.35. The number of benzene rings is 1. The highest BCUT2D eigenvalue weighted by atomic mass is 16.5. The van der Waals surface area contributed by atoms with Crippen LogP contribution in [0.5, 0.6) is 0 Å². The molecular weight excluding hydrogens is 214 g/mol. The molecule has 1 aromatic carbocycles. The van der Waals surface area contributed by atoms with Crippen LogP contribution in [0.1, 0.15) is 38.0 Å². The van der Waals surface area contributed by atoms with Crippen LogP contribution in [0.4, 0.5) is 0 Å². The maximum atomic E-state index is 11.5. The number of primary amides is 1. The van der Waals surface area contributed by atoms with Gasteiger partial charge >= 0.3 is 0 Å². The summed E-state index contributed by atoms with van der Waals surface area (Å²) in [5.41, 5.74) is 7.46. The van der Waals surface area contributed by atoms with E-state index in [1.54, 1.807) is 0 Å². The van der Waals surface area contributed by atoms with Crippen LogP contribution in [0.3, 0.4) is 0 Å². The van der Waals surface area contributed by atoms with Gasteiger partial charge in [-0.05, 0) is 38.3 Å². The summed E-state index contributed by atoms with van der Waals surface area (Å²) in [7, 11) is 0. The van der Waals surface area contributed by atoms with Crippen molar-refractivity contribution in [1.29, 1.82) is 0 Å². The predicted molar refractivity (Wildman–Crippen MR) is 66.4 cm³/mol. The Morgan fingerprint density at radius 1 is 1.35 bits per heavy atom. The second-order valence-corrected chi connectivity index (χ2v) is 5.56. The molecule has 0 bridgehead atoms. The molecule has 3 nitrogen and oxygen atoms in total. The SMILES string of the molecule is CC(C)(C)OC1c2ccccc2CC1C(N)=O. The lowest BCUT2D eigenvalue weighted by atomic mass is 10.0.